The third kappa shape index (κ3) is 1.47. The lowest BCUT2D eigenvalue weighted by Crippen LogP contribution is -1.75. The van der Waals surface area contributed by atoms with E-state index in [1.807, 2.05) is 6.92 Å². The van der Waals surface area contributed by atoms with E-state index in [2.05, 4.69) is 15.0 Å². The first-order valence-electron chi connectivity index (χ1n) is 2.80. The molecule has 0 aromatic carbocycles. The molecule has 0 aliphatic rings. The molecule has 4 nitrogen and oxygen atoms in total. The summed E-state index contributed by atoms with van der Waals surface area (Å²) in [6.07, 6.45) is 1.61. The third-order valence-corrected chi connectivity index (χ3v) is 1.04. The van der Waals surface area contributed by atoms with Gasteiger partial charge >= 0.3 is 0 Å². The number of hydrogen-bond acceptors (Lipinski definition) is 2. The summed E-state index contributed by atoms with van der Waals surface area (Å²) in [5.41, 5.74) is 9.51. The highest BCUT2D eigenvalue weighted by Gasteiger charge is 1.86. The molecule has 0 unspecified atom stereocenters. The molecule has 0 spiro atoms. The average molecular weight is 134 g/mol. The molecule has 1 aromatic heterocycles. The van der Waals surface area contributed by atoms with Gasteiger partial charge in [-0.25, -0.2) is 0 Å². The van der Waals surface area contributed by atoms with Crippen molar-refractivity contribution < 1.29 is 0 Å². The van der Waals surface area contributed by atoms with Crippen molar-refractivity contribution >= 4 is 5.69 Å². The molecule has 1 heterocycles. The van der Waals surface area contributed by atoms with Gasteiger partial charge in [-0.05, 0) is 24.6 Å². The minimum Gasteiger partial charge on any atom is -0.262 e. The van der Waals surface area contributed by atoms with Gasteiger partial charge in [0.2, 0.25) is 0 Å². The van der Waals surface area contributed by atoms with E-state index < -0.39 is 0 Å². The van der Waals surface area contributed by atoms with E-state index in [0.717, 1.165) is 5.69 Å². The Morgan fingerprint density at radius 2 is 2.50 bits per heavy atom. The molecule has 0 radical (unpaired) electrons. The first-order valence-corrected chi connectivity index (χ1v) is 2.80. The summed E-state index contributed by atoms with van der Waals surface area (Å²) in [6, 6.07) is 3.38. The summed E-state index contributed by atoms with van der Waals surface area (Å²) in [5, 5.41) is 3.41. The lowest BCUT2D eigenvalue weighted by molar-refractivity contribution is 1.19. The summed E-state index contributed by atoms with van der Waals surface area (Å²) in [4.78, 5) is 6.58. The SMILES string of the molecule is Cc1cc(N=[N+]=[N-])ccn1. The largest absolute Gasteiger partial charge is 0.262 e. The van der Waals surface area contributed by atoms with Crippen molar-refractivity contribution in [2.75, 3.05) is 0 Å². The number of azide groups is 1. The van der Waals surface area contributed by atoms with E-state index in [1.165, 1.54) is 0 Å². The number of rotatable bonds is 1. The molecule has 4 heteroatoms. The van der Waals surface area contributed by atoms with E-state index >= 15 is 0 Å². The fourth-order valence-corrected chi connectivity index (χ4v) is 0.644. The van der Waals surface area contributed by atoms with Crippen molar-refractivity contribution in [1.29, 1.82) is 0 Å². The molecule has 0 aliphatic heterocycles. The highest BCUT2D eigenvalue weighted by atomic mass is 15.1. The zero-order chi connectivity index (χ0) is 7.40. The highest BCUT2D eigenvalue weighted by molar-refractivity contribution is 5.35. The monoisotopic (exact) mass is 134 g/mol. The zero-order valence-electron chi connectivity index (χ0n) is 5.52. The Morgan fingerprint density at radius 3 is 3.10 bits per heavy atom. The molecule has 0 aliphatic carbocycles. The maximum atomic E-state index is 8.05. The topological polar surface area (TPSA) is 61.7 Å². The molecule has 1 aromatic rings. The van der Waals surface area contributed by atoms with Crippen LogP contribution in [-0.4, -0.2) is 4.98 Å². The Labute approximate surface area is 58.1 Å². The Morgan fingerprint density at radius 1 is 1.70 bits per heavy atom. The van der Waals surface area contributed by atoms with Gasteiger partial charge in [0.25, 0.3) is 0 Å². The molecule has 1 rings (SSSR count). The second-order valence-electron chi connectivity index (χ2n) is 1.84. The summed E-state index contributed by atoms with van der Waals surface area (Å²) in [5.74, 6) is 0. The normalized spacial score (nSPS) is 8.50. The molecule has 0 fully saturated rings. The van der Waals surface area contributed by atoms with E-state index in [-0.39, 0.29) is 0 Å². The van der Waals surface area contributed by atoms with Crippen molar-refractivity contribution in [3.63, 3.8) is 0 Å². The maximum absolute atomic E-state index is 8.05. The lowest BCUT2D eigenvalue weighted by Gasteiger charge is -1.90. The van der Waals surface area contributed by atoms with E-state index in [4.69, 9.17) is 5.53 Å². The minimum absolute atomic E-state index is 0.606. The van der Waals surface area contributed by atoms with Crippen molar-refractivity contribution in [2.45, 2.75) is 6.92 Å². The first kappa shape index (κ1) is 6.58. The Balaban J connectivity index is 3.06. The molecule has 0 N–H and O–H groups in total. The summed E-state index contributed by atoms with van der Waals surface area (Å²) >= 11 is 0. The van der Waals surface area contributed by atoms with Crippen LogP contribution in [0.1, 0.15) is 5.69 Å². The van der Waals surface area contributed by atoms with Gasteiger partial charge < -0.3 is 0 Å². The average Bonchev–Trinajstić information content (AvgIpc) is 1.88. The van der Waals surface area contributed by atoms with Crippen LogP contribution in [0.15, 0.2) is 23.4 Å². The smallest absolute Gasteiger partial charge is 0.0408 e. The van der Waals surface area contributed by atoms with E-state index in [0.29, 0.717) is 5.69 Å². The summed E-state index contributed by atoms with van der Waals surface area (Å²) in [6.45, 7) is 1.84. The molecule has 0 saturated heterocycles. The van der Waals surface area contributed by atoms with Crippen molar-refractivity contribution in [3.05, 3.63) is 34.5 Å². The van der Waals surface area contributed by atoms with Gasteiger partial charge in [-0.1, -0.05) is 5.11 Å². The number of aryl methyl sites for hydroxylation is 1. The van der Waals surface area contributed by atoms with Crippen LogP contribution in [0.5, 0.6) is 0 Å². The van der Waals surface area contributed by atoms with Crippen LogP contribution in [0.25, 0.3) is 10.4 Å². The standard InChI is InChI=1S/C6H6N4/c1-5-4-6(9-10-7)2-3-8-5/h2-4H,1H3. The summed E-state index contributed by atoms with van der Waals surface area (Å²) in [7, 11) is 0. The Hall–Kier alpha value is -1.54. The molecule has 10 heavy (non-hydrogen) atoms. The number of pyridine rings is 1. The van der Waals surface area contributed by atoms with Gasteiger partial charge in [-0.15, -0.1) is 0 Å². The molecule has 0 amide bonds. The molecular weight excluding hydrogens is 128 g/mol. The second-order valence-corrected chi connectivity index (χ2v) is 1.84. The molecule has 0 saturated carbocycles. The van der Waals surface area contributed by atoms with Crippen molar-refractivity contribution in [1.82, 2.24) is 4.98 Å². The molecular formula is C6H6N4. The van der Waals surface area contributed by atoms with Gasteiger partial charge in [0.15, 0.2) is 0 Å². The van der Waals surface area contributed by atoms with Gasteiger partial charge in [-0.3, -0.25) is 4.98 Å². The minimum atomic E-state index is 0.606. The van der Waals surface area contributed by atoms with Crippen LogP contribution in [-0.2, 0) is 0 Å². The molecule has 0 atom stereocenters. The highest BCUT2D eigenvalue weighted by Crippen LogP contribution is 2.10. The zero-order valence-corrected chi connectivity index (χ0v) is 5.52. The number of aromatic nitrogens is 1. The van der Waals surface area contributed by atoms with Gasteiger partial charge in [0.05, 0.1) is 0 Å². The van der Waals surface area contributed by atoms with Crippen LogP contribution in [0.4, 0.5) is 5.69 Å². The van der Waals surface area contributed by atoms with Crippen LogP contribution < -0.4 is 0 Å². The molecule has 0 bridgehead atoms. The predicted octanol–water partition coefficient (Wildman–Crippen LogP) is 2.33. The van der Waals surface area contributed by atoms with E-state index in [1.54, 1.807) is 18.3 Å². The van der Waals surface area contributed by atoms with Crippen LogP contribution in [0.3, 0.4) is 0 Å². The number of nitrogens with zero attached hydrogens (tertiary/aromatic N) is 4. The fourth-order valence-electron chi connectivity index (χ4n) is 0.644. The second kappa shape index (κ2) is 2.85. The van der Waals surface area contributed by atoms with Crippen LogP contribution in [0.2, 0.25) is 0 Å². The van der Waals surface area contributed by atoms with Gasteiger partial charge in [-0.2, -0.15) is 0 Å². The number of hydrogen-bond donors (Lipinski definition) is 0. The Kier molecular flexibility index (Phi) is 1.87. The van der Waals surface area contributed by atoms with E-state index in [9.17, 15) is 0 Å². The fraction of sp³-hybridized carbons (Fsp3) is 0.167. The van der Waals surface area contributed by atoms with Gasteiger partial charge in [0, 0.05) is 22.5 Å². The summed E-state index contributed by atoms with van der Waals surface area (Å²) < 4.78 is 0. The van der Waals surface area contributed by atoms with Crippen molar-refractivity contribution in [3.8, 4) is 0 Å². The first-order chi connectivity index (χ1) is 4.83. The van der Waals surface area contributed by atoms with Crippen LogP contribution >= 0.6 is 0 Å². The third-order valence-electron chi connectivity index (χ3n) is 1.04. The quantitative estimate of drug-likeness (QED) is 0.330. The van der Waals surface area contributed by atoms with Crippen LogP contribution in [0, 0.1) is 6.92 Å². The predicted molar refractivity (Wildman–Crippen MR) is 37.8 cm³/mol. The van der Waals surface area contributed by atoms with Crippen molar-refractivity contribution in [2.24, 2.45) is 5.11 Å². The Bertz CT molecular complexity index is 275. The maximum Gasteiger partial charge on any atom is 0.0408 e. The van der Waals surface area contributed by atoms with Gasteiger partial charge in [0.1, 0.15) is 0 Å². The molecule has 50 valence electrons. The lowest BCUT2D eigenvalue weighted by atomic mass is 10.3.